The molecule has 1 spiro atoms. The summed E-state index contributed by atoms with van der Waals surface area (Å²) >= 11 is 0. The van der Waals surface area contributed by atoms with Gasteiger partial charge in [-0.05, 0) is 61.0 Å². The number of piperidine rings is 1. The number of nitrogens with one attached hydrogen (secondary N) is 2. The maximum Gasteiger partial charge on any atom is 0.108 e. The lowest BCUT2D eigenvalue weighted by atomic mass is 9.71. The minimum absolute atomic E-state index is 0.164. The monoisotopic (exact) mass is 347 g/mol. The third kappa shape index (κ3) is 3.41. The highest BCUT2D eigenvalue weighted by Gasteiger charge is 2.40. The van der Waals surface area contributed by atoms with Crippen LogP contribution in [-0.4, -0.2) is 18.9 Å². The molecule has 0 saturated carbocycles. The van der Waals surface area contributed by atoms with Crippen molar-refractivity contribution in [2.45, 2.75) is 45.6 Å². The second-order valence-electron chi connectivity index (χ2n) is 8.05. The lowest BCUT2D eigenvalue weighted by molar-refractivity contribution is 0.293. The Kier molecular flexibility index (Phi) is 4.82. The van der Waals surface area contributed by atoms with Crippen LogP contribution in [-0.2, 0) is 13.0 Å². The molecule has 2 aromatic carbocycles. The molecule has 0 aromatic heterocycles. The highest BCUT2D eigenvalue weighted by atomic mass is 15.0. The fraction of sp³-hybridized carbons (Fsp3) is 0.435. The summed E-state index contributed by atoms with van der Waals surface area (Å²) < 4.78 is 0. The van der Waals surface area contributed by atoms with E-state index in [9.17, 15) is 0 Å². The van der Waals surface area contributed by atoms with Crippen molar-refractivity contribution < 1.29 is 0 Å². The molecule has 1 saturated heterocycles. The second-order valence-corrected chi connectivity index (χ2v) is 8.05. The van der Waals surface area contributed by atoms with Crippen molar-refractivity contribution in [3.8, 4) is 0 Å². The Labute approximate surface area is 156 Å². The molecule has 3 heteroatoms. The number of amidine groups is 1. The SMILES string of the molecule is CC(C)c1ccc(CN=C2Nc3ccccc3CC23CCNCC3)cc1. The highest BCUT2D eigenvalue weighted by Crippen LogP contribution is 2.40. The van der Waals surface area contributed by atoms with Crippen LogP contribution < -0.4 is 10.6 Å². The molecule has 0 amide bonds. The fourth-order valence-corrected chi connectivity index (χ4v) is 4.21. The van der Waals surface area contributed by atoms with Crippen LogP contribution >= 0.6 is 0 Å². The van der Waals surface area contributed by atoms with Crippen molar-refractivity contribution in [2.75, 3.05) is 18.4 Å². The Balaban J connectivity index is 1.60. The summed E-state index contributed by atoms with van der Waals surface area (Å²) in [5.74, 6) is 1.76. The van der Waals surface area contributed by atoms with Crippen LogP contribution in [0.5, 0.6) is 0 Å². The number of benzene rings is 2. The molecule has 0 bridgehead atoms. The summed E-state index contributed by atoms with van der Waals surface area (Å²) in [6.07, 6.45) is 3.40. The molecule has 1 fully saturated rings. The van der Waals surface area contributed by atoms with Gasteiger partial charge in [-0.25, -0.2) is 0 Å². The quantitative estimate of drug-likeness (QED) is 0.841. The first-order chi connectivity index (χ1) is 12.7. The van der Waals surface area contributed by atoms with Gasteiger partial charge in [-0.15, -0.1) is 0 Å². The van der Waals surface area contributed by atoms with E-state index in [2.05, 4.69) is 73.0 Å². The molecule has 0 atom stereocenters. The molecule has 3 nitrogen and oxygen atoms in total. The Hall–Kier alpha value is -2.13. The number of para-hydroxylation sites is 1. The lowest BCUT2D eigenvalue weighted by Gasteiger charge is -2.42. The molecular weight excluding hydrogens is 318 g/mol. The van der Waals surface area contributed by atoms with Gasteiger partial charge in [0.1, 0.15) is 5.84 Å². The second kappa shape index (κ2) is 7.24. The zero-order chi connectivity index (χ0) is 18.0. The number of aliphatic imine (C=N–C) groups is 1. The van der Waals surface area contributed by atoms with E-state index in [0.29, 0.717) is 5.92 Å². The van der Waals surface area contributed by atoms with E-state index >= 15 is 0 Å². The van der Waals surface area contributed by atoms with Gasteiger partial charge in [-0.2, -0.15) is 0 Å². The minimum atomic E-state index is 0.164. The van der Waals surface area contributed by atoms with Gasteiger partial charge in [0, 0.05) is 11.1 Å². The standard InChI is InChI=1S/C23H29N3/c1-17(2)19-9-7-18(8-10-19)16-25-22-23(11-13-24-14-12-23)15-20-5-3-4-6-21(20)26-22/h3-10,17,24H,11-16H2,1-2H3,(H,25,26). The van der Waals surface area contributed by atoms with Gasteiger partial charge in [-0.1, -0.05) is 56.3 Å². The van der Waals surface area contributed by atoms with Crippen molar-refractivity contribution >= 4 is 11.5 Å². The first-order valence-corrected chi connectivity index (χ1v) is 9.86. The average molecular weight is 348 g/mol. The molecule has 26 heavy (non-hydrogen) atoms. The molecule has 2 aliphatic rings. The van der Waals surface area contributed by atoms with E-state index in [-0.39, 0.29) is 5.41 Å². The first kappa shape index (κ1) is 17.3. The Bertz CT molecular complexity index is 783. The van der Waals surface area contributed by atoms with Crippen LogP contribution in [0.3, 0.4) is 0 Å². The third-order valence-corrected chi connectivity index (χ3v) is 5.93. The van der Waals surface area contributed by atoms with Gasteiger partial charge in [0.15, 0.2) is 0 Å². The maximum atomic E-state index is 5.08. The molecule has 2 aliphatic heterocycles. The Morgan fingerprint density at radius 1 is 1.00 bits per heavy atom. The van der Waals surface area contributed by atoms with Gasteiger partial charge in [-0.3, -0.25) is 4.99 Å². The lowest BCUT2D eigenvalue weighted by Crippen LogP contribution is -2.48. The number of hydrogen-bond donors (Lipinski definition) is 2. The molecule has 2 aromatic rings. The van der Waals surface area contributed by atoms with Crippen LogP contribution in [0.15, 0.2) is 53.5 Å². The topological polar surface area (TPSA) is 36.4 Å². The van der Waals surface area contributed by atoms with E-state index in [4.69, 9.17) is 4.99 Å². The fourth-order valence-electron chi connectivity index (χ4n) is 4.21. The third-order valence-electron chi connectivity index (χ3n) is 5.93. The zero-order valence-corrected chi connectivity index (χ0v) is 15.9. The molecule has 0 aliphatic carbocycles. The average Bonchev–Trinajstić information content (AvgIpc) is 2.67. The van der Waals surface area contributed by atoms with E-state index < -0.39 is 0 Å². The largest absolute Gasteiger partial charge is 0.343 e. The molecule has 2 N–H and O–H groups in total. The summed E-state index contributed by atoms with van der Waals surface area (Å²) in [6, 6.07) is 17.6. The van der Waals surface area contributed by atoms with Crippen molar-refractivity contribution in [3.63, 3.8) is 0 Å². The number of hydrogen-bond acceptors (Lipinski definition) is 2. The van der Waals surface area contributed by atoms with Crippen molar-refractivity contribution in [1.29, 1.82) is 0 Å². The summed E-state index contributed by atoms with van der Waals surface area (Å²) in [5.41, 5.74) is 5.49. The highest BCUT2D eigenvalue weighted by molar-refractivity contribution is 6.02. The van der Waals surface area contributed by atoms with Crippen molar-refractivity contribution in [3.05, 3.63) is 65.2 Å². The van der Waals surface area contributed by atoms with Gasteiger partial charge < -0.3 is 10.6 Å². The van der Waals surface area contributed by atoms with Crippen LogP contribution in [0.2, 0.25) is 0 Å². The zero-order valence-electron chi connectivity index (χ0n) is 15.9. The van der Waals surface area contributed by atoms with E-state index in [0.717, 1.165) is 38.9 Å². The van der Waals surface area contributed by atoms with Gasteiger partial charge in [0.2, 0.25) is 0 Å². The maximum absolute atomic E-state index is 5.08. The summed E-state index contributed by atoms with van der Waals surface area (Å²) in [6.45, 7) is 7.37. The van der Waals surface area contributed by atoms with Gasteiger partial charge >= 0.3 is 0 Å². The normalized spacial score (nSPS) is 20.2. The first-order valence-electron chi connectivity index (χ1n) is 9.86. The Morgan fingerprint density at radius 2 is 1.73 bits per heavy atom. The van der Waals surface area contributed by atoms with Crippen LogP contribution in [0.4, 0.5) is 5.69 Å². The predicted molar refractivity (Wildman–Crippen MR) is 110 cm³/mol. The van der Waals surface area contributed by atoms with Crippen LogP contribution in [0.1, 0.15) is 49.3 Å². The van der Waals surface area contributed by atoms with Crippen LogP contribution in [0.25, 0.3) is 0 Å². The molecule has 0 unspecified atom stereocenters. The van der Waals surface area contributed by atoms with E-state index in [1.165, 1.54) is 28.2 Å². The molecule has 0 radical (unpaired) electrons. The molecule has 2 heterocycles. The van der Waals surface area contributed by atoms with Gasteiger partial charge in [0.25, 0.3) is 0 Å². The number of rotatable bonds is 3. The van der Waals surface area contributed by atoms with E-state index in [1.54, 1.807) is 0 Å². The minimum Gasteiger partial charge on any atom is -0.343 e. The van der Waals surface area contributed by atoms with Crippen LogP contribution in [0, 0.1) is 5.41 Å². The molecule has 4 rings (SSSR count). The summed E-state index contributed by atoms with van der Waals surface area (Å²) in [4.78, 5) is 5.08. The predicted octanol–water partition coefficient (Wildman–Crippen LogP) is 4.75. The van der Waals surface area contributed by atoms with Crippen molar-refractivity contribution in [2.24, 2.45) is 10.4 Å². The smallest absolute Gasteiger partial charge is 0.108 e. The number of fused-ring (bicyclic) bond motifs is 1. The van der Waals surface area contributed by atoms with E-state index in [1.807, 2.05) is 0 Å². The number of anilines is 1. The Morgan fingerprint density at radius 3 is 2.46 bits per heavy atom. The van der Waals surface area contributed by atoms with Crippen molar-refractivity contribution in [1.82, 2.24) is 5.32 Å². The van der Waals surface area contributed by atoms with Gasteiger partial charge in [0.05, 0.1) is 6.54 Å². The molecular formula is C23H29N3. The summed E-state index contributed by atoms with van der Waals surface area (Å²) in [7, 11) is 0. The summed E-state index contributed by atoms with van der Waals surface area (Å²) in [5, 5.41) is 7.19. The molecule has 136 valence electrons. The number of nitrogens with zero attached hydrogens (tertiary/aromatic N) is 1.